The summed E-state index contributed by atoms with van der Waals surface area (Å²) < 4.78 is 4.29. The Labute approximate surface area is 161 Å². The lowest BCUT2D eigenvalue weighted by Gasteiger charge is -2.34. The molecule has 1 unspecified atom stereocenters. The molecule has 4 rings (SSSR count). The first kappa shape index (κ1) is 17.8. The normalized spacial score (nSPS) is 21.2. The number of fused-ring (bicyclic) bond motifs is 1. The number of benzene rings is 1. The van der Waals surface area contributed by atoms with Crippen molar-refractivity contribution in [3.05, 3.63) is 64.5 Å². The molecule has 2 aromatic rings. The minimum Gasteiger partial charge on any atom is -0.294 e. The van der Waals surface area contributed by atoms with Crippen LogP contribution in [-0.2, 0) is 18.9 Å². The summed E-state index contributed by atoms with van der Waals surface area (Å²) in [5.74, 6) is 1.36. The number of rotatable bonds is 2. The van der Waals surface area contributed by atoms with Crippen molar-refractivity contribution in [1.29, 1.82) is 0 Å². The van der Waals surface area contributed by atoms with Crippen molar-refractivity contribution in [3.63, 3.8) is 0 Å². The molecule has 4 nitrogen and oxygen atoms in total. The van der Waals surface area contributed by atoms with Crippen LogP contribution in [0, 0.1) is 12.3 Å². The Balaban J connectivity index is 1.87. The van der Waals surface area contributed by atoms with Crippen molar-refractivity contribution < 1.29 is 9.48 Å². The summed E-state index contributed by atoms with van der Waals surface area (Å²) in [7, 11) is 4.14. The van der Waals surface area contributed by atoms with Crippen LogP contribution in [0.3, 0.4) is 0 Å². The molecule has 1 aromatic carbocycles. The lowest BCUT2D eigenvalue weighted by molar-refractivity contribution is -0.738. The lowest BCUT2D eigenvalue weighted by Crippen LogP contribution is -2.42. The SMILES string of the molecule is Cc1c2c([n+](C)n1C)NC1=C(C(=O)CC(C)(C)C1)C2/C=C/c1ccccc1. The molecule has 1 aliphatic heterocycles. The van der Waals surface area contributed by atoms with E-state index >= 15 is 0 Å². The van der Waals surface area contributed by atoms with Crippen LogP contribution in [0.4, 0.5) is 5.82 Å². The van der Waals surface area contributed by atoms with Crippen LogP contribution in [-0.4, -0.2) is 10.5 Å². The molecule has 0 saturated carbocycles. The van der Waals surface area contributed by atoms with Crippen LogP contribution in [0.15, 0.2) is 47.7 Å². The molecule has 0 saturated heterocycles. The van der Waals surface area contributed by atoms with Gasteiger partial charge in [-0.1, -0.05) is 56.3 Å². The fourth-order valence-electron chi connectivity index (χ4n) is 4.47. The maximum Gasteiger partial charge on any atom is 0.304 e. The molecular formula is C23H28N3O+. The van der Waals surface area contributed by atoms with Crippen molar-refractivity contribution in [3.8, 4) is 0 Å². The van der Waals surface area contributed by atoms with E-state index in [-0.39, 0.29) is 17.1 Å². The molecule has 0 fully saturated rings. The summed E-state index contributed by atoms with van der Waals surface area (Å²) in [6.45, 7) is 6.49. The lowest BCUT2D eigenvalue weighted by atomic mass is 9.70. The minimum atomic E-state index is -0.00699. The Morgan fingerprint density at radius 1 is 1.22 bits per heavy atom. The second-order valence-electron chi connectivity index (χ2n) is 8.60. The van der Waals surface area contributed by atoms with Gasteiger partial charge in [-0.2, -0.15) is 4.68 Å². The average molecular weight is 362 g/mol. The fourth-order valence-corrected chi connectivity index (χ4v) is 4.47. The van der Waals surface area contributed by atoms with E-state index in [1.165, 1.54) is 11.3 Å². The molecule has 1 aliphatic carbocycles. The van der Waals surface area contributed by atoms with Crippen molar-refractivity contribution in [2.45, 2.75) is 39.5 Å². The number of nitrogens with one attached hydrogen (secondary N) is 1. The Bertz CT molecular complexity index is 977. The molecular weight excluding hydrogens is 334 g/mol. The molecule has 0 spiro atoms. The van der Waals surface area contributed by atoms with Gasteiger partial charge in [0, 0.05) is 31.4 Å². The highest BCUT2D eigenvalue weighted by Crippen LogP contribution is 2.47. The van der Waals surface area contributed by atoms with Crippen LogP contribution >= 0.6 is 0 Å². The van der Waals surface area contributed by atoms with E-state index in [4.69, 9.17) is 0 Å². The third-order valence-corrected chi connectivity index (χ3v) is 6.00. The Morgan fingerprint density at radius 3 is 2.63 bits per heavy atom. The molecule has 1 aromatic heterocycles. The smallest absolute Gasteiger partial charge is 0.294 e. The van der Waals surface area contributed by atoms with Crippen molar-refractivity contribution in [2.75, 3.05) is 5.32 Å². The van der Waals surface area contributed by atoms with Crippen LogP contribution in [0.2, 0.25) is 0 Å². The highest BCUT2D eigenvalue weighted by atomic mass is 16.1. The van der Waals surface area contributed by atoms with E-state index in [0.29, 0.717) is 6.42 Å². The highest BCUT2D eigenvalue weighted by molar-refractivity contribution is 6.01. The molecule has 140 valence electrons. The summed E-state index contributed by atoms with van der Waals surface area (Å²) in [4.78, 5) is 13.1. The van der Waals surface area contributed by atoms with Gasteiger partial charge in [-0.3, -0.25) is 4.79 Å². The number of carbonyl (C=O) groups is 1. The molecule has 1 atom stereocenters. The number of aromatic nitrogens is 2. The van der Waals surface area contributed by atoms with Crippen LogP contribution < -0.4 is 10.00 Å². The molecule has 0 bridgehead atoms. The zero-order valence-corrected chi connectivity index (χ0v) is 16.8. The van der Waals surface area contributed by atoms with Crippen molar-refractivity contribution in [2.24, 2.45) is 19.5 Å². The van der Waals surface area contributed by atoms with Crippen LogP contribution in [0.25, 0.3) is 6.08 Å². The van der Waals surface area contributed by atoms with Crippen molar-refractivity contribution in [1.82, 2.24) is 4.68 Å². The predicted octanol–water partition coefficient (Wildman–Crippen LogP) is 4.02. The number of hydrogen-bond acceptors (Lipinski definition) is 2. The summed E-state index contributed by atoms with van der Waals surface area (Å²) >= 11 is 0. The Hall–Kier alpha value is -2.62. The fraction of sp³-hybridized carbons (Fsp3) is 0.391. The maximum atomic E-state index is 13.1. The predicted molar refractivity (Wildman–Crippen MR) is 108 cm³/mol. The zero-order valence-electron chi connectivity index (χ0n) is 16.8. The summed E-state index contributed by atoms with van der Waals surface area (Å²) in [6, 6.07) is 10.3. The zero-order chi connectivity index (χ0) is 19.3. The first-order valence-electron chi connectivity index (χ1n) is 9.60. The minimum absolute atomic E-state index is 0.00346. The number of nitrogens with zero attached hydrogens (tertiary/aromatic N) is 2. The van der Waals surface area contributed by atoms with Gasteiger partial charge >= 0.3 is 5.82 Å². The van der Waals surface area contributed by atoms with Gasteiger partial charge in [0.25, 0.3) is 0 Å². The quantitative estimate of drug-likeness (QED) is 0.819. The van der Waals surface area contributed by atoms with Crippen LogP contribution in [0.1, 0.15) is 49.4 Å². The van der Waals surface area contributed by atoms with Gasteiger partial charge in [-0.15, -0.1) is 0 Å². The number of Topliss-reactive ketones (excluding diaryl/α,β-unsaturated/α-hetero) is 1. The van der Waals surface area contributed by atoms with E-state index < -0.39 is 0 Å². The summed E-state index contributed by atoms with van der Waals surface area (Å²) in [5, 5.41) is 3.61. The number of ketones is 1. The molecule has 0 radical (unpaired) electrons. The summed E-state index contributed by atoms with van der Waals surface area (Å²) in [6.07, 6.45) is 5.85. The van der Waals surface area contributed by atoms with Crippen LogP contribution in [0.5, 0.6) is 0 Å². The van der Waals surface area contributed by atoms with E-state index in [1.54, 1.807) is 0 Å². The van der Waals surface area contributed by atoms with Gasteiger partial charge in [0.15, 0.2) is 5.78 Å². The van der Waals surface area contributed by atoms with Gasteiger partial charge in [0.2, 0.25) is 0 Å². The second kappa shape index (κ2) is 6.22. The Kier molecular flexibility index (Phi) is 4.10. The number of allylic oxidation sites excluding steroid dienone is 3. The monoisotopic (exact) mass is 362 g/mol. The number of anilines is 1. The molecule has 1 N–H and O–H groups in total. The third kappa shape index (κ3) is 2.93. The largest absolute Gasteiger partial charge is 0.304 e. The highest BCUT2D eigenvalue weighted by Gasteiger charge is 2.44. The second-order valence-corrected chi connectivity index (χ2v) is 8.60. The number of hydrogen-bond donors (Lipinski definition) is 1. The number of carbonyl (C=O) groups excluding carboxylic acids is 1. The summed E-state index contributed by atoms with van der Waals surface area (Å²) in [5.41, 5.74) is 5.58. The molecule has 2 heterocycles. The van der Waals surface area contributed by atoms with E-state index in [2.05, 4.69) is 73.8 Å². The van der Waals surface area contributed by atoms with Crippen molar-refractivity contribution >= 4 is 17.7 Å². The van der Waals surface area contributed by atoms with Gasteiger partial charge < -0.3 is 0 Å². The first-order valence-corrected chi connectivity index (χ1v) is 9.60. The van der Waals surface area contributed by atoms with Gasteiger partial charge in [-0.05, 0) is 17.9 Å². The maximum absolute atomic E-state index is 13.1. The topological polar surface area (TPSA) is 37.9 Å². The van der Waals surface area contributed by atoms with Gasteiger partial charge in [0.05, 0.1) is 11.3 Å². The van der Waals surface area contributed by atoms with E-state index in [9.17, 15) is 4.79 Å². The first-order chi connectivity index (χ1) is 12.8. The Morgan fingerprint density at radius 2 is 1.93 bits per heavy atom. The van der Waals surface area contributed by atoms with Gasteiger partial charge in [0.1, 0.15) is 12.7 Å². The third-order valence-electron chi connectivity index (χ3n) is 6.00. The molecule has 2 aliphatic rings. The standard InChI is InChI=1S/C23H27N3O/c1-15-20-17(12-11-16-9-7-6-8-10-16)21-18(13-23(2,3)14-19(21)27)24-22(20)26(5)25(15)4/h6-12,17H,13-14H2,1-5H3/p+1/b12-11+. The molecule has 27 heavy (non-hydrogen) atoms. The van der Waals surface area contributed by atoms with E-state index in [1.807, 2.05) is 18.2 Å². The average Bonchev–Trinajstić information content (AvgIpc) is 2.83. The van der Waals surface area contributed by atoms with E-state index in [0.717, 1.165) is 29.1 Å². The van der Waals surface area contributed by atoms with Gasteiger partial charge in [-0.25, -0.2) is 10.00 Å². The molecule has 4 heteroatoms. The molecule has 0 amide bonds.